The molecule has 0 aromatic heterocycles. The average molecular weight is 359 g/mol. The Kier molecular flexibility index (Phi) is 9.26. The Labute approximate surface area is 149 Å². The molecule has 1 aromatic carbocycles. The third kappa shape index (κ3) is 6.15. The number of carbonyl (C=O) groups excluding carboxylic acids is 1. The standard InChI is InChI=1S/C17H23ClN2O2.ClH/c1-2-10-22-11-4-7-17(21)20-9-8-19-13-16(20)14-5-3-6-15(18)12-14;/h2-3,5-6,12,16,19H,1,4,7-11,13H2;1H. The van der Waals surface area contributed by atoms with Crippen molar-refractivity contribution in [2.45, 2.75) is 18.9 Å². The van der Waals surface area contributed by atoms with Gasteiger partial charge in [0.05, 0.1) is 12.6 Å². The van der Waals surface area contributed by atoms with Gasteiger partial charge in [-0.3, -0.25) is 4.79 Å². The maximum Gasteiger partial charge on any atom is 0.223 e. The largest absolute Gasteiger partial charge is 0.377 e. The number of nitrogens with one attached hydrogen (secondary N) is 1. The highest BCUT2D eigenvalue weighted by Crippen LogP contribution is 2.25. The van der Waals surface area contributed by atoms with E-state index in [0.717, 1.165) is 31.6 Å². The molecule has 1 aliphatic rings. The summed E-state index contributed by atoms with van der Waals surface area (Å²) in [6, 6.07) is 7.79. The van der Waals surface area contributed by atoms with E-state index in [9.17, 15) is 4.79 Å². The van der Waals surface area contributed by atoms with Gasteiger partial charge in [-0.2, -0.15) is 0 Å². The SMILES string of the molecule is C=CCOCCCC(=O)N1CCNCC1c1cccc(Cl)c1.Cl. The number of amides is 1. The third-order valence-corrected chi connectivity index (χ3v) is 3.95. The van der Waals surface area contributed by atoms with Crippen molar-refractivity contribution in [1.29, 1.82) is 0 Å². The van der Waals surface area contributed by atoms with Crippen LogP contribution in [0.1, 0.15) is 24.4 Å². The van der Waals surface area contributed by atoms with Crippen LogP contribution in [-0.2, 0) is 9.53 Å². The summed E-state index contributed by atoms with van der Waals surface area (Å²) in [5.41, 5.74) is 1.08. The molecule has 0 aliphatic carbocycles. The van der Waals surface area contributed by atoms with Crippen molar-refractivity contribution in [2.75, 3.05) is 32.8 Å². The smallest absolute Gasteiger partial charge is 0.223 e. The highest BCUT2D eigenvalue weighted by molar-refractivity contribution is 6.30. The molecule has 1 unspecified atom stereocenters. The van der Waals surface area contributed by atoms with Crippen molar-refractivity contribution in [3.05, 3.63) is 47.5 Å². The van der Waals surface area contributed by atoms with Crippen LogP contribution in [0.3, 0.4) is 0 Å². The van der Waals surface area contributed by atoms with Crippen molar-refractivity contribution in [2.24, 2.45) is 0 Å². The number of hydrogen-bond donors (Lipinski definition) is 1. The zero-order chi connectivity index (χ0) is 15.8. The van der Waals surface area contributed by atoms with Gasteiger partial charge in [0.15, 0.2) is 0 Å². The van der Waals surface area contributed by atoms with Crippen LogP contribution in [0.2, 0.25) is 5.02 Å². The Hall–Kier alpha value is -1.07. The first-order valence-corrected chi connectivity index (χ1v) is 8.04. The second-order valence-corrected chi connectivity index (χ2v) is 5.77. The van der Waals surface area contributed by atoms with E-state index in [0.29, 0.717) is 24.7 Å². The molecular formula is C17H24Cl2N2O2. The Morgan fingerprint density at radius 2 is 2.35 bits per heavy atom. The van der Waals surface area contributed by atoms with Crippen molar-refractivity contribution in [3.63, 3.8) is 0 Å². The number of nitrogens with zero attached hydrogens (tertiary/aromatic N) is 1. The Morgan fingerprint density at radius 1 is 1.52 bits per heavy atom. The number of halogens is 2. The quantitative estimate of drug-likeness (QED) is 0.600. The van der Waals surface area contributed by atoms with Gasteiger partial charge in [-0.15, -0.1) is 19.0 Å². The van der Waals surface area contributed by atoms with Gasteiger partial charge in [0.1, 0.15) is 0 Å². The minimum absolute atomic E-state index is 0. The molecular weight excluding hydrogens is 335 g/mol. The Morgan fingerprint density at radius 3 is 3.09 bits per heavy atom. The van der Waals surface area contributed by atoms with Crippen LogP contribution < -0.4 is 5.32 Å². The van der Waals surface area contributed by atoms with Gasteiger partial charge in [-0.1, -0.05) is 29.8 Å². The third-order valence-electron chi connectivity index (χ3n) is 3.71. The minimum atomic E-state index is 0. The number of carbonyl (C=O) groups is 1. The summed E-state index contributed by atoms with van der Waals surface area (Å²) in [5, 5.41) is 4.05. The van der Waals surface area contributed by atoms with E-state index < -0.39 is 0 Å². The number of rotatable bonds is 7. The molecule has 1 fully saturated rings. The van der Waals surface area contributed by atoms with Crippen molar-refractivity contribution < 1.29 is 9.53 Å². The molecule has 1 atom stereocenters. The fourth-order valence-corrected chi connectivity index (χ4v) is 2.85. The van der Waals surface area contributed by atoms with E-state index in [-0.39, 0.29) is 24.4 Å². The lowest BCUT2D eigenvalue weighted by Crippen LogP contribution is -2.48. The average Bonchev–Trinajstić information content (AvgIpc) is 2.54. The number of benzene rings is 1. The summed E-state index contributed by atoms with van der Waals surface area (Å²) >= 11 is 6.08. The monoisotopic (exact) mass is 358 g/mol. The van der Waals surface area contributed by atoms with E-state index in [1.807, 2.05) is 29.2 Å². The first kappa shape index (κ1) is 20.0. The molecule has 23 heavy (non-hydrogen) atoms. The zero-order valence-corrected chi connectivity index (χ0v) is 14.7. The second-order valence-electron chi connectivity index (χ2n) is 5.33. The first-order chi connectivity index (χ1) is 10.7. The topological polar surface area (TPSA) is 41.6 Å². The van der Waals surface area contributed by atoms with Crippen LogP contribution in [0.15, 0.2) is 36.9 Å². The Bertz CT molecular complexity index is 511. The summed E-state index contributed by atoms with van der Waals surface area (Å²) in [4.78, 5) is 14.4. The van der Waals surface area contributed by atoms with E-state index in [2.05, 4.69) is 11.9 Å². The molecule has 1 aromatic rings. The van der Waals surface area contributed by atoms with Crippen LogP contribution in [0.5, 0.6) is 0 Å². The lowest BCUT2D eigenvalue weighted by molar-refractivity contribution is -0.134. The molecule has 1 aliphatic heterocycles. The minimum Gasteiger partial charge on any atom is -0.377 e. The summed E-state index contributed by atoms with van der Waals surface area (Å²) < 4.78 is 5.33. The fourth-order valence-electron chi connectivity index (χ4n) is 2.65. The van der Waals surface area contributed by atoms with Crippen LogP contribution in [0.25, 0.3) is 0 Å². The van der Waals surface area contributed by atoms with Gasteiger partial charge in [0.25, 0.3) is 0 Å². The highest BCUT2D eigenvalue weighted by Gasteiger charge is 2.27. The van der Waals surface area contributed by atoms with Crippen LogP contribution >= 0.6 is 24.0 Å². The first-order valence-electron chi connectivity index (χ1n) is 7.66. The van der Waals surface area contributed by atoms with Crippen LogP contribution in [-0.4, -0.2) is 43.7 Å². The lowest BCUT2D eigenvalue weighted by atomic mass is 10.0. The fraction of sp³-hybridized carbons (Fsp3) is 0.471. The normalized spacial score (nSPS) is 17.4. The molecule has 0 spiro atoms. The summed E-state index contributed by atoms with van der Waals surface area (Å²) in [6.07, 6.45) is 2.96. The van der Waals surface area contributed by atoms with Gasteiger partial charge in [-0.05, 0) is 24.1 Å². The predicted molar refractivity (Wildman–Crippen MR) is 96.3 cm³/mol. The van der Waals surface area contributed by atoms with Gasteiger partial charge in [0, 0.05) is 37.7 Å². The van der Waals surface area contributed by atoms with Gasteiger partial charge >= 0.3 is 0 Å². The molecule has 1 saturated heterocycles. The molecule has 0 radical (unpaired) electrons. The van der Waals surface area contributed by atoms with E-state index in [1.54, 1.807) is 6.08 Å². The second kappa shape index (κ2) is 10.7. The van der Waals surface area contributed by atoms with Crippen molar-refractivity contribution in [3.8, 4) is 0 Å². The maximum absolute atomic E-state index is 12.5. The lowest BCUT2D eigenvalue weighted by Gasteiger charge is -2.36. The Balaban J connectivity index is 0.00000264. The van der Waals surface area contributed by atoms with Crippen LogP contribution in [0.4, 0.5) is 0 Å². The van der Waals surface area contributed by atoms with Gasteiger partial charge in [0.2, 0.25) is 5.91 Å². The molecule has 1 heterocycles. The predicted octanol–water partition coefficient (Wildman–Crippen LogP) is 3.22. The zero-order valence-electron chi connectivity index (χ0n) is 13.2. The molecule has 2 rings (SSSR count). The summed E-state index contributed by atoms with van der Waals surface area (Å²) in [7, 11) is 0. The van der Waals surface area contributed by atoms with Crippen LogP contribution in [0, 0.1) is 0 Å². The molecule has 6 heteroatoms. The van der Waals surface area contributed by atoms with E-state index in [4.69, 9.17) is 16.3 Å². The van der Waals surface area contributed by atoms with Gasteiger partial charge in [-0.25, -0.2) is 0 Å². The number of ether oxygens (including phenoxy) is 1. The molecule has 4 nitrogen and oxygen atoms in total. The number of piperazine rings is 1. The molecule has 0 bridgehead atoms. The van der Waals surface area contributed by atoms with Crippen molar-refractivity contribution in [1.82, 2.24) is 10.2 Å². The summed E-state index contributed by atoms with van der Waals surface area (Å²) in [5.74, 6) is 0.175. The maximum atomic E-state index is 12.5. The molecule has 128 valence electrons. The summed E-state index contributed by atoms with van der Waals surface area (Å²) in [6.45, 7) is 7.04. The number of hydrogen-bond acceptors (Lipinski definition) is 3. The van der Waals surface area contributed by atoms with Gasteiger partial charge < -0.3 is 15.0 Å². The highest BCUT2D eigenvalue weighted by atomic mass is 35.5. The van der Waals surface area contributed by atoms with Crippen molar-refractivity contribution >= 4 is 29.9 Å². The molecule has 0 saturated carbocycles. The van der Waals surface area contributed by atoms with E-state index >= 15 is 0 Å². The molecule has 1 amide bonds. The van der Waals surface area contributed by atoms with E-state index in [1.165, 1.54) is 0 Å². The molecule has 1 N–H and O–H groups in total.